The number of carbonyl (C=O) groups is 1. The molecule has 0 aromatic rings. The molecule has 4 N–H and O–H groups in total. The minimum absolute atomic E-state index is 0.0411. The van der Waals surface area contributed by atoms with Crippen LogP contribution in [0.3, 0.4) is 0 Å². The van der Waals surface area contributed by atoms with Gasteiger partial charge >= 0.3 is 0 Å². The van der Waals surface area contributed by atoms with Crippen LogP contribution in [0.5, 0.6) is 0 Å². The third-order valence-electron chi connectivity index (χ3n) is 1.63. The van der Waals surface area contributed by atoms with Crippen molar-refractivity contribution in [2.45, 2.75) is 33.2 Å². The van der Waals surface area contributed by atoms with E-state index in [0.29, 0.717) is 6.42 Å². The zero-order chi connectivity index (χ0) is 10.4. The van der Waals surface area contributed by atoms with Crippen LogP contribution < -0.4 is 11.1 Å². The number of hydrogen-bond acceptors (Lipinski definition) is 3. The van der Waals surface area contributed by atoms with Crippen molar-refractivity contribution in [1.82, 2.24) is 5.32 Å². The quantitative estimate of drug-likeness (QED) is 0.256. The molecular weight excluding hydrogens is 170 g/mol. The Bertz CT molecular complexity index is 202. The highest BCUT2D eigenvalue weighted by atomic mass is 16.4. The number of amides is 1. The Morgan fingerprint density at radius 2 is 2.15 bits per heavy atom. The van der Waals surface area contributed by atoms with Gasteiger partial charge in [-0.05, 0) is 20.3 Å². The van der Waals surface area contributed by atoms with Crippen LogP contribution in [0.1, 0.15) is 27.2 Å². The standard InChI is InChI=1S/C8H17N3O2/c1-4-6(7(9)11-13)8(12)10-5(2)3/h5-6,13H,4H2,1-3H3,(H2,9,11)(H,10,12). The van der Waals surface area contributed by atoms with Crippen molar-refractivity contribution in [2.75, 3.05) is 0 Å². The minimum Gasteiger partial charge on any atom is -0.409 e. The Morgan fingerprint density at radius 3 is 2.46 bits per heavy atom. The van der Waals surface area contributed by atoms with Gasteiger partial charge in [0, 0.05) is 6.04 Å². The van der Waals surface area contributed by atoms with Crippen LogP contribution in [0.25, 0.3) is 0 Å². The molecule has 0 aromatic carbocycles. The number of rotatable bonds is 4. The highest BCUT2D eigenvalue weighted by Crippen LogP contribution is 2.03. The highest BCUT2D eigenvalue weighted by Gasteiger charge is 2.21. The molecule has 1 amide bonds. The van der Waals surface area contributed by atoms with E-state index < -0.39 is 5.92 Å². The van der Waals surface area contributed by atoms with Crippen molar-refractivity contribution >= 4 is 11.7 Å². The maximum Gasteiger partial charge on any atom is 0.231 e. The Morgan fingerprint density at radius 1 is 1.62 bits per heavy atom. The van der Waals surface area contributed by atoms with E-state index in [0.717, 1.165) is 0 Å². The summed E-state index contributed by atoms with van der Waals surface area (Å²) in [5.41, 5.74) is 5.34. The third kappa shape index (κ3) is 3.78. The monoisotopic (exact) mass is 187 g/mol. The fraction of sp³-hybridized carbons (Fsp3) is 0.750. The number of oxime groups is 1. The lowest BCUT2D eigenvalue weighted by atomic mass is 10.0. The van der Waals surface area contributed by atoms with Gasteiger partial charge in [-0.15, -0.1) is 0 Å². The van der Waals surface area contributed by atoms with Gasteiger partial charge in [-0.25, -0.2) is 0 Å². The molecule has 0 bridgehead atoms. The normalized spacial score (nSPS) is 14.3. The lowest BCUT2D eigenvalue weighted by Crippen LogP contribution is -2.41. The molecular formula is C8H17N3O2. The number of nitrogens with one attached hydrogen (secondary N) is 1. The van der Waals surface area contributed by atoms with Gasteiger partial charge in [0.05, 0.1) is 5.92 Å². The van der Waals surface area contributed by atoms with E-state index in [4.69, 9.17) is 10.9 Å². The van der Waals surface area contributed by atoms with Crippen LogP contribution in [-0.2, 0) is 4.79 Å². The molecule has 0 saturated heterocycles. The van der Waals surface area contributed by atoms with Gasteiger partial charge in [-0.1, -0.05) is 12.1 Å². The second-order valence-electron chi connectivity index (χ2n) is 3.15. The molecule has 0 radical (unpaired) electrons. The fourth-order valence-electron chi connectivity index (χ4n) is 0.984. The summed E-state index contributed by atoms with van der Waals surface area (Å²) >= 11 is 0. The lowest BCUT2D eigenvalue weighted by Gasteiger charge is -2.15. The molecule has 0 rings (SSSR count). The molecule has 13 heavy (non-hydrogen) atoms. The molecule has 5 nitrogen and oxygen atoms in total. The second-order valence-corrected chi connectivity index (χ2v) is 3.15. The van der Waals surface area contributed by atoms with E-state index in [1.807, 2.05) is 20.8 Å². The Hall–Kier alpha value is -1.26. The predicted molar refractivity (Wildman–Crippen MR) is 50.5 cm³/mol. The van der Waals surface area contributed by atoms with Crippen molar-refractivity contribution in [3.05, 3.63) is 0 Å². The van der Waals surface area contributed by atoms with E-state index in [1.165, 1.54) is 0 Å². The van der Waals surface area contributed by atoms with Crippen LogP contribution >= 0.6 is 0 Å². The van der Waals surface area contributed by atoms with E-state index in [-0.39, 0.29) is 17.8 Å². The van der Waals surface area contributed by atoms with Gasteiger partial charge in [0.1, 0.15) is 0 Å². The van der Waals surface area contributed by atoms with Crippen LogP contribution in [-0.4, -0.2) is 23.0 Å². The first-order valence-electron chi connectivity index (χ1n) is 4.30. The Balaban J connectivity index is 4.32. The van der Waals surface area contributed by atoms with Crippen LogP contribution in [0.2, 0.25) is 0 Å². The average Bonchev–Trinajstić information content (AvgIpc) is 2.03. The maximum atomic E-state index is 11.4. The Labute approximate surface area is 78.0 Å². The van der Waals surface area contributed by atoms with Crippen LogP contribution in [0, 0.1) is 5.92 Å². The summed E-state index contributed by atoms with van der Waals surface area (Å²) < 4.78 is 0. The molecule has 0 aromatic heterocycles. The minimum atomic E-state index is -0.535. The van der Waals surface area contributed by atoms with Crippen molar-refractivity contribution in [1.29, 1.82) is 0 Å². The molecule has 1 atom stereocenters. The number of nitrogens with two attached hydrogens (primary N) is 1. The van der Waals surface area contributed by atoms with E-state index in [2.05, 4.69) is 10.5 Å². The zero-order valence-corrected chi connectivity index (χ0v) is 8.24. The smallest absolute Gasteiger partial charge is 0.231 e. The molecule has 0 spiro atoms. The summed E-state index contributed by atoms with van der Waals surface area (Å²) in [7, 11) is 0. The van der Waals surface area contributed by atoms with Crippen molar-refractivity contribution < 1.29 is 10.0 Å². The molecule has 0 fully saturated rings. The summed E-state index contributed by atoms with van der Waals surface area (Å²) in [4.78, 5) is 11.4. The SMILES string of the molecule is CCC(C(=O)NC(C)C)C(N)=NO. The van der Waals surface area contributed by atoms with Gasteiger partial charge in [-0.2, -0.15) is 0 Å². The largest absolute Gasteiger partial charge is 0.409 e. The van der Waals surface area contributed by atoms with Crippen molar-refractivity contribution in [2.24, 2.45) is 16.8 Å². The molecule has 5 heteroatoms. The Kier molecular flexibility index (Phi) is 4.87. The van der Waals surface area contributed by atoms with Gasteiger partial charge in [-0.3, -0.25) is 4.79 Å². The summed E-state index contributed by atoms with van der Waals surface area (Å²) in [6.45, 7) is 5.52. The van der Waals surface area contributed by atoms with E-state index in [9.17, 15) is 4.79 Å². The van der Waals surface area contributed by atoms with Crippen LogP contribution in [0.4, 0.5) is 0 Å². The van der Waals surface area contributed by atoms with Gasteiger partial charge < -0.3 is 16.3 Å². The molecule has 0 aliphatic carbocycles. The highest BCUT2D eigenvalue weighted by molar-refractivity contribution is 6.02. The first kappa shape index (κ1) is 11.7. The van der Waals surface area contributed by atoms with Crippen molar-refractivity contribution in [3.8, 4) is 0 Å². The zero-order valence-electron chi connectivity index (χ0n) is 8.24. The van der Waals surface area contributed by atoms with Gasteiger partial charge in [0.25, 0.3) is 0 Å². The average molecular weight is 187 g/mol. The molecule has 76 valence electrons. The summed E-state index contributed by atoms with van der Waals surface area (Å²) in [5, 5.41) is 13.9. The summed E-state index contributed by atoms with van der Waals surface area (Å²) in [5.74, 6) is -0.777. The van der Waals surface area contributed by atoms with Gasteiger partial charge in [0.2, 0.25) is 5.91 Å². The topological polar surface area (TPSA) is 87.7 Å². The van der Waals surface area contributed by atoms with E-state index >= 15 is 0 Å². The predicted octanol–water partition coefficient (Wildman–Crippen LogP) is 0.284. The first-order chi connectivity index (χ1) is 6.02. The number of nitrogens with zero attached hydrogens (tertiary/aromatic N) is 1. The van der Waals surface area contributed by atoms with Gasteiger partial charge in [0.15, 0.2) is 5.84 Å². The van der Waals surface area contributed by atoms with Crippen LogP contribution in [0.15, 0.2) is 5.16 Å². The molecule has 1 unspecified atom stereocenters. The third-order valence-corrected chi connectivity index (χ3v) is 1.63. The summed E-state index contributed by atoms with van der Waals surface area (Å²) in [6.07, 6.45) is 0.522. The number of carbonyl (C=O) groups excluding carboxylic acids is 1. The fourth-order valence-corrected chi connectivity index (χ4v) is 0.984. The summed E-state index contributed by atoms with van der Waals surface area (Å²) in [6, 6.07) is 0.0630. The maximum absolute atomic E-state index is 11.4. The lowest BCUT2D eigenvalue weighted by molar-refractivity contribution is -0.123. The second kappa shape index (κ2) is 5.40. The molecule has 0 saturated carbocycles. The number of hydrogen-bond donors (Lipinski definition) is 3. The molecule has 0 aliphatic rings. The van der Waals surface area contributed by atoms with E-state index in [1.54, 1.807) is 0 Å². The molecule has 0 heterocycles. The first-order valence-corrected chi connectivity index (χ1v) is 4.30. The number of amidine groups is 1. The molecule has 0 aliphatic heterocycles. The van der Waals surface area contributed by atoms with Crippen molar-refractivity contribution in [3.63, 3.8) is 0 Å².